The van der Waals surface area contributed by atoms with Crippen LogP contribution in [0.3, 0.4) is 0 Å². The van der Waals surface area contributed by atoms with Crippen molar-refractivity contribution in [1.29, 1.82) is 0 Å². The first-order chi connectivity index (χ1) is 14.5. The molecular weight excluding hydrogens is 423 g/mol. The molecule has 2 heterocycles. The number of aromatic amines is 1. The minimum Gasteiger partial charge on any atom is -0.354 e. The molecule has 0 atom stereocenters. The van der Waals surface area contributed by atoms with Crippen molar-refractivity contribution in [1.82, 2.24) is 15.1 Å². The molecule has 0 fully saturated rings. The molecule has 0 unspecified atom stereocenters. The fourth-order valence-electron chi connectivity index (χ4n) is 3.00. The molecule has 152 valence electrons. The quantitative estimate of drug-likeness (QED) is 0.390. The Hall–Kier alpha value is -3.09. The molecule has 0 aliphatic heterocycles. The number of imidazole rings is 1. The van der Waals surface area contributed by atoms with Crippen LogP contribution in [0.25, 0.3) is 23.2 Å². The Morgan fingerprint density at radius 2 is 1.93 bits per heavy atom. The lowest BCUT2D eigenvalue weighted by Gasteiger charge is -2.03. The van der Waals surface area contributed by atoms with Gasteiger partial charge in [0.25, 0.3) is 0 Å². The molecule has 0 bridgehead atoms. The van der Waals surface area contributed by atoms with E-state index in [1.54, 1.807) is 25.1 Å². The first kappa shape index (κ1) is 20.2. The summed E-state index contributed by atoms with van der Waals surface area (Å²) in [7, 11) is 0. The molecule has 6 nitrogen and oxygen atoms in total. The molecule has 0 radical (unpaired) electrons. The molecule has 4 aromatic rings. The van der Waals surface area contributed by atoms with Crippen molar-refractivity contribution in [3.05, 3.63) is 75.4 Å². The second kappa shape index (κ2) is 8.73. The van der Waals surface area contributed by atoms with Crippen molar-refractivity contribution in [2.45, 2.75) is 19.8 Å². The Bertz CT molecular complexity index is 1190. The number of rotatable bonds is 6. The minimum atomic E-state index is -0.160. The predicted octanol–water partition coefficient (Wildman–Crippen LogP) is 5.91. The summed E-state index contributed by atoms with van der Waals surface area (Å²) in [4.78, 5) is 20.1. The van der Waals surface area contributed by atoms with Gasteiger partial charge in [0, 0.05) is 12.8 Å². The van der Waals surface area contributed by atoms with Crippen LogP contribution in [0.1, 0.15) is 29.3 Å². The highest BCUT2D eigenvalue weighted by Gasteiger charge is 2.15. The summed E-state index contributed by atoms with van der Waals surface area (Å²) < 4.78 is 5.35. The summed E-state index contributed by atoms with van der Waals surface area (Å²) in [6, 6.07) is 13.2. The molecule has 0 saturated carbocycles. The number of aromatic nitrogens is 3. The number of benzene rings is 2. The largest absolute Gasteiger partial charge is 0.354 e. The van der Waals surface area contributed by atoms with Gasteiger partial charge in [-0.15, -0.1) is 0 Å². The highest BCUT2D eigenvalue weighted by molar-refractivity contribution is 6.42. The van der Waals surface area contributed by atoms with E-state index in [1.165, 1.54) is 0 Å². The number of anilines is 1. The first-order valence-corrected chi connectivity index (χ1v) is 10.1. The fraction of sp³-hybridized carbons (Fsp3) is 0.136. The third kappa shape index (κ3) is 4.56. The summed E-state index contributed by atoms with van der Waals surface area (Å²) in [6.45, 7) is 1.78. The zero-order valence-corrected chi connectivity index (χ0v) is 17.6. The van der Waals surface area contributed by atoms with Gasteiger partial charge in [-0.05, 0) is 30.7 Å². The number of hydrogen-bond donors (Lipinski definition) is 2. The number of carbonyl (C=O) groups is 1. The smallest absolute Gasteiger partial charge is 0.224 e. The van der Waals surface area contributed by atoms with Crippen LogP contribution in [0.2, 0.25) is 10.0 Å². The summed E-state index contributed by atoms with van der Waals surface area (Å²) in [6.07, 6.45) is 4.38. The molecule has 2 aromatic carbocycles. The molecule has 2 aromatic heterocycles. The SMILES string of the molecule is Cc1noc(/C=C/c2ccccc2)c1NC(=O)CCc1nc2cc(Cl)c(Cl)cc2[nH]1. The van der Waals surface area contributed by atoms with Crippen molar-refractivity contribution >= 4 is 58.0 Å². The molecule has 2 N–H and O–H groups in total. The second-order valence-electron chi connectivity index (χ2n) is 6.77. The average molecular weight is 441 g/mol. The van der Waals surface area contributed by atoms with Crippen LogP contribution in [0.15, 0.2) is 47.0 Å². The topological polar surface area (TPSA) is 83.8 Å². The fourth-order valence-corrected chi connectivity index (χ4v) is 3.32. The summed E-state index contributed by atoms with van der Waals surface area (Å²) >= 11 is 12.1. The Kier molecular flexibility index (Phi) is 5.88. The molecule has 4 rings (SSSR count). The zero-order chi connectivity index (χ0) is 21.1. The second-order valence-corrected chi connectivity index (χ2v) is 7.58. The van der Waals surface area contributed by atoms with Crippen LogP contribution in [-0.4, -0.2) is 21.0 Å². The third-order valence-electron chi connectivity index (χ3n) is 4.54. The highest BCUT2D eigenvalue weighted by Crippen LogP contribution is 2.27. The zero-order valence-electron chi connectivity index (χ0n) is 16.1. The summed E-state index contributed by atoms with van der Waals surface area (Å²) in [5.74, 6) is 1.02. The van der Waals surface area contributed by atoms with E-state index in [0.29, 0.717) is 44.9 Å². The van der Waals surface area contributed by atoms with E-state index in [0.717, 1.165) is 11.1 Å². The summed E-state index contributed by atoms with van der Waals surface area (Å²) in [5.41, 5.74) is 3.69. The van der Waals surface area contributed by atoms with Crippen LogP contribution >= 0.6 is 23.2 Å². The van der Waals surface area contributed by atoms with E-state index >= 15 is 0 Å². The van der Waals surface area contributed by atoms with Gasteiger partial charge < -0.3 is 14.8 Å². The van der Waals surface area contributed by atoms with Crippen molar-refractivity contribution in [3.63, 3.8) is 0 Å². The van der Waals surface area contributed by atoms with Gasteiger partial charge in [0.1, 0.15) is 17.2 Å². The van der Waals surface area contributed by atoms with E-state index in [4.69, 9.17) is 27.7 Å². The highest BCUT2D eigenvalue weighted by atomic mass is 35.5. The van der Waals surface area contributed by atoms with Crippen molar-refractivity contribution < 1.29 is 9.32 Å². The van der Waals surface area contributed by atoms with Gasteiger partial charge in [-0.3, -0.25) is 4.79 Å². The van der Waals surface area contributed by atoms with Crippen LogP contribution in [0.5, 0.6) is 0 Å². The number of halogens is 2. The Balaban J connectivity index is 1.42. The lowest BCUT2D eigenvalue weighted by atomic mass is 10.2. The van der Waals surface area contributed by atoms with Crippen LogP contribution < -0.4 is 5.32 Å². The Morgan fingerprint density at radius 3 is 2.73 bits per heavy atom. The van der Waals surface area contributed by atoms with Gasteiger partial charge in [-0.1, -0.05) is 64.8 Å². The Morgan fingerprint density at radius 1 is 1.17 bits per heavy atom. The van der Waals surface area contributed by atoms with Crippen molar-refractivity contribution in [2.75, 3.05) is 5.32 Å². The lowest BCUT2D eigenvalue weighted by molar-refractivity contribution is -0.116. The van der Waals surface area contributed by atoms with Gasteiger partial charge >= 0.3 is 0 Å². The first-order valence-electron chi connectivity index (χ1n) is 9.32. The maximum absolute atomic E-state index is 12.5. The van der Waals surface area contributed by atoms with Gasteiger partial charge in [0.2, 0.25) is 5.91 Å². The molecule has 8 heteroatoms. The maximum Gasteiger partial charge on any atom is 0.224 e. The van der Waals surface area contributed by atoms with E-state index in [9.17, 15) is 4.79 Å². The predicted molar refractivity (Wildman–Crippen MR) is 120 cm³/mol. The van der Waals surface area contributed by atoms with Gasteiger partial charge in [-0.2, -0.15) is 0 Å². The van der Waals surface area contributed by atoms with Crippen molar-refractivity contribution in [2.24, 2.45) is 0 Å². The lowest BCUT2D eigenvalue weighted by Crippen LogP contribution is -2.13. The molecule has 30 heavy (non-hydrogen) atoms. The maximum atomic E-state index is 12.5. The van der Waals surface area contributed by atoms with Crippen LogP contribution in [-0.2, 0) is 11.2 Å². The number of nitrogens with zero attached hydrogens (tertiary/aromatic N) is 2. The van der Waals surface area contributed by atoms with Crippen LogP contribution in [0.4, 0.5) is 5.69 Å². The molecule has 0 aliphatic carbocycles. The number of hydrogen-bond acceptors (Lipinski definition) is 4. The number of H-pyrrole nitrogens is 1. The molecular formula is C22H18Cl2N4O2. The van der Waals surface area contributed by atoms with Crippen molar-refractivity contribution in [3.8, 4) is 0 Å². The van der Waals surface area contributed by atoms with Gasteiger partial charge in [-0.25, -0.2) is 4.98 Å². The molecule has 0 spiro atoms. The standard InChI is InChI=1S/C22H18Cl2N4O2/c1-13-22(19(30-28-13)8-7-14-5-3-2-4-6-14)27-21(29)10-9-20-25-17-11-15(23)16(24)12-18(17)26-20/h2-8,11-12H,9-10H2,1H3,(H,25,26)(H,27,29)/b8-7+. The minimum absolute atomic E-state index is 0.160. The van der Waals surface area contributed by atoms with E-state index in [2.05, 4.69) is 20.4 Å². The van der Waals surface area contributed by atoms with Crippen LogP contribution in [0, 0.1) is 6.92 Å². The molecule has 1 amide bonds. The third-order valence-corrected chi connectivity index (χ3v) is 5.26. The Labute approximate surface area is 182 Å². The van der Waals surface area contributed by atoms with Gasteiger partial charge in [0.15, 0.2) is 5.76 Å². The number of carbonyl (C=O) groups excluding carboxylic acids is 1. The monoisotopic (exact) mass is 440 g/mol. The molecule has 0 saturated heterocycles. The molecule has 0 aliphatic rings. The van der Waals surface area contributed by atoms with E-state index < -0.39 is 0 Å². The summed E-state index contributed by atoms with van der Waals surface area (Å²) in [5, 5.41) is 7.75. The number of aryl methyl sites for hydroxylation is 2. The average Bonchev–Trinajstić information content (AvgIpc) is 3.29. The van der Waals surface area contributed by atoms with E-state index in [1.807, 2.05) is 36.4 Å². The van der Waals surface area contributed by atoms with Gasteiger partial charge in [0.05, 0.1) is 21.1 Å². The number of amides is 1. The number of fused-ring (bicyclic) bond motifs is 1. The normalized spacial score (nSPS) is 11.4. The number of nitrogens with one attached hydrogen (secondary N) is 2. The van der Waals surface area contributed by atoms with E-state index in [-0.39, 0.29) is 12.3 Å².